The fraction of sp³-hybridized carbons (Fsp3) is 0.0938. The van der Waals surface area contributed by atoms with Gasteiger partial charge in [0.15, 0.2) is 0 Å². The number of anilines is 2. The molecule has 4 aromatic carbocycles. The topological polar surface area (TPSA) is 87.3 Å². The molecule has 4 aromatic rings. The molecule has 0 aliphatic heterocycles. The molecule has 0 fully saturated rings. The highest BCUT2D eigenvalue weighted by atomic mass is 32.2. The third kappa shape index (κ3) is 7.68. The van der Waals surface area contributed by atoms with Crippen molar-refractivity contribution in [2.24, 2.45) is 0 Å². The van der Waals surface area contributed by atoms with Gasteiger partial charge in [0.05, 0.1) is 5.75 Å². The molecule has 0 unspecified atom stereocenters. The molecule has 0 aromatic heterocycles. The van der Waals surface area contributed by atoms with E-state index < -0.39 is 17.6 Å². The lowest BCUT2D eigenvalue weighted by Gasteiger charge is -2.13. The maximum absolute atomic E-state index is 14.4. The molecule has 6 nitrogen and oxygen atoms in total. The Labute approximate surface area is 236 Å². The van der Waals surface area contributed by atoms with Crippen LogP contribution in [0.4, 0.5) is 15.8 Å². The minimum absolute atomic E-state index is 0.120. The molecule has 0 saturated heterocycles. The van der Waals surface area contributed by atoms with E-state index in [4.69, 9.17) is 0 Å². The van der Waals surface area contributed by atoms with Gasteiger partial charge in [-0.2, -0.15) is 0 Å². The van der Waals surface area contributed by atoms with Gasteiger partial charge < -0.3 is 16.0 Å². The van der Waals surface area contributed by atoms with Crippen molar-refractivity contribution in [3.05, 3.63) is 131 Å². The average molecular weight is 554 g/mol. The van der Waals surface area contributed by atoms with E-state index in [1.165, 1.54) is 30.0 Å². The van der Waals surface area contributed by atoms with Crippen LogP contribution in [0.15, 0.2) is 108 Å². The van der Waals surface area contributed by atoms with Crippen molar-refractivity contribution in [1.82, 2.24) is 5.32 Å². The summed E-state index contributed by atoms with van der Waals surface area (Å²) in [5.74, 6) is -1.62. The fourth-order valence-corrected chi connectivity index (χ4v) is 4.53. The molecule has 0 aliphatic carbocycles. The normalized spacial score (nSPS) is 11.0. The van der Waals surface area contributed by atoms with Gasteiger partial charge in [0.1, 0.15) is 11.5 Å². The molecule has 4 rings (SSSR count). The Morgan fingerprint density at radius 1 is 0.825 bits per heavy atom. The molecule has 0 radical (unpaired) electrons. The minimum atomic E-state index is -0.623. The first-order valence-electron chi connectivity index (χ1n) is 12.5. The molecule has 0 spiro atoms. The number of amides is 3. The molecule has 0 saturated carbocycles. The third-order valence-corrected chi connectivity index (χ3v) is 7.07. The molecule has 0 heterocycles. The Morgan fingerprint density at radius 2 is 1.55 bits per heavy atom. The summed E-state index contributed by atoms with van der Waals surface area (Å²) in [5, 5.41) is 8.30. The van der Waals surface area contributed by atoms with Crippen LogP contribution in [0.3, 0.4) is 0 Å². The van der Waals surface area contributed by atoms with Gasteiger partial charge >= 0.3 is 0 Å². The maximum Gasteiger partial charge on any atom is 0.272 e. The summed E-state index contributed by atoms with van der Waals surface area (Å²) in [7, 11) is 0. The second kappa shape index (κ2) is 13.4. The van der Waals surface area contributed by atoms with E-state index in [1.54, 1.807) is 60.7 Å². The van der Waals surface area contributed by atoms with Gasteiger partial charge in [0.2, 0.25) is 5.91 Å². The Morgan fingerprint density at radius 3 is 2.33 bits per heavy atom. The highest BCUT2D eigenvalue weighted by Gasteiger charge is 2.16. The van der Waals surface area contributed by atoms with E-state index in [2.05, 4.69) is 16.0 Å². The summed E-state index contributed by atoms with van der Waals surface area (Å²) in [4.78, 5) is 39.3. The van der Waals surface area contributed by atoms with E-state index in [1.807, 2.05) is 38.1 Å². The standard InChI is InChI=1S/C32H28FN3O3S/c1-21-10-8-17-28(22(21)2)35-30(37)20-40-26-15-9-14-25(19-26)34-32(39)29(18-24-13-6-7-16-27(24)33)36-31(38)23-11-4-3-5-12-23/h3-19H,20H2,1-2H3,(H,34,39)(H,35,37)(H,36,38)/b29-18-. The average Bonchev–Trinajstić information content (AvgIpc) is 2.96. The third-order valence-electron chi connectivity index (χ3n) is 6.07. The predicted octanol–water partition coefficient (Wildman–Crippen LogP) is 6.58. The number of thioether (sulfide) groups is 1. The summed E-state index contributed by atoms with van der Waals surface area (Å²) in [5.41, 5.74) is 3.73. The number of carbonyl (C=O) groups excluding carboxylic acids is 3. The van der Waals surface area contributed by atoms with Gasteiger partial charge in [-0.25, -0.2) is 4.39 Å². The van der Waals surface area contributed by atoms with Gasteiger partial charge in [-0.3, -0.25) is 14.4 Å². The number of halogens is 1. The van der Waals surface area contributed by atoms with E-state index in [9.17, 15) is 18.8 Å². The first-order chi connectivity index (χ1) is 19.3. The van der Waals surface area contributed by atoms with Crippen molar-refractivity contribution < 1.29 is 18.8 Å². The van der Waals surface area contributed by atoms with E-state index in [0.29, 0.717) is 11.3 Å². The molecule has 3 N–H and O–H groups in total. The van der Waals surface area contributed by atoms with Crippen molar-refractivity contribution in [1.29, 1.82) is 0 Å². The zero-order valence-electron chi connectivity index (χ0n) is 22.0. The van der Waals surface area contributed by atoms with Gasteiger partial charge in [-0.15, -0.1) is 11.8 Å². The number of benzene rings is 4. The summed E-state index contributed by atoms with van der Waals surface area (Å²) >= 11 is 1.32. The summed E-state index contributed by atoms with van der Waals surface area (Å²) in [6, 6.07) is 27.2. The molecule has 0 aliphatic rings. The van der Waals surface area contributed by atoms with Crippen molar-refractivity contribution in [2.45, 2.75) is 18.7 Å². The number of carbonyl (C=O) groups is 3. The number of hydrogen-bond acceptors (Lipinski definition) is 4. The number of aryl methyl sites for hydroxylation is 1. The molecular weight excluding hydrogens is 525 g/mol. The summed E-state index contributed by atoms with van der Waals surface area (Å²) in [6.45, 7) is 3.95. The van der Waals surface area contributed by atoms with Crippen molar-refractivity contribution >= 4 is 46.9 Å². The van der Waals surface area contributed by atoms with Gasteiger partial charge in [-0.1, -0.05) is 54.6 Å². The van der Waals surface area contributed by atoms with Gasteiger partial charge in [-0.05, 0) is 73.5 Å². The minimum Gasteiger partial charge on any atom is -0.325 e. The Hall–Kier alpha value is -4.69. The predicted molar refractivity (Wildman–Crippen MR) is 159 cm³/mol. The highest BCUT2D eigenvalue weighted by Crippen LogP contribution is 2.24. The lowest BCUT2D eigenvalue weighted by molar-refractivity contribution is -0.114. The Kier molecular flexibility index (Phi) is 9.48. The van der Waals surface area contributed by atoms with Crippen LogP contribution in [-0.2, 0) is 9.59 Å². The lowest BCUT2D eigenvalue weighted by atomic mass is 10.1. The van der Waals surface area contributed by atoms with E-state index in [-0.39, 0.29) is 22.9 Å². The molecule has 202 valence electrons. The number of nitrogens with one attached hydrogen (secondary N) is 3. The Bertz CT molecular complexity index is 1570. The van der Waals surface area contributed by atoms with Crippen LogP contribution in [0.2, 0.25) is 0 Å². The second-order valence-electron chi connectivity index (χ2n) is 8.97. The van der Waals surface area contributed by atoms with Crippen LogP contribution in [0.5, 0.6) is 0 Å². The largest absolute Gasteiger partial charge is 0.325 e. The molecule has 3 amide bonds. The Balaban J connectivity index is 1.46. The van der Waals surface area contributed by atoms with Crippen LogP contribution in [-0.4, -0.2) is 23.5 Å². The fourth-order valence-electron chi connectivity index (χ4n) is 3.77. The molecule has 8 heteroatoms. The van der Waals surface area contributed by atoms with Crippen LogP contribution in [0.25, 0.3) is 6.08 Å². The SMILES string of the molecule is Cc1cccc(NC(=O)CSc2cccc(NC(=O)/C(=C/c3ccccc3F)NC(=O)c3ccccc3)c2)c1C. The highest BCUT2D eigenvalue weighted by molar-refractivity contribution is 8.00. The summed E-state index contributed by atoms with van der Waals surface area (Å²) in [6.07, 6.45) is 1.29. The quantitative estimate of drug-likeness (QED) is 0.161. The van der Waals surface area contributed by atoms with Gasteiger partial charge in [0, 0.05) is 27.4 Å². The van der Waals surface area contributed by atoms with Crippen molar-refractivity contribution in [2.75, 3.05) is 16.4 Å². The van der Waals surface area contributed by atoms with Gasteiger partial charge in [0.25, 0.3) is 11.8 Å². The van der Waals surface area contributed by atoms with E-state index >= 15 is 0 Å². The van der Waals surface area contributed by atoms with Crippen LogP contribution in [0, 0.1) is 19.7 Å². The first kappa shape index (κ1) is 28.3. The van der Waals surface area contributed by atoms with Crippen LogP contribution in [0.1, 0.15) is 27.0 Å². The van der Waals surface area contributed by atoms with Crippen molar-refractivity contribution in [3.63, 3.8) is 0 Å². The molecule has 0 bridgehead atoms. The smallest absolute Gasteiger partial charge is 0.272 e. The van der Waals surface area contributed by atoms with Crippen molar-refractivity contribution in [3.8, 4) is 0 Å². The second-order valence-corrected chi connectivity index (χ2v) is 10.0. The summed E-state index contributed by atoms with van der Waals surface area (Å²) < 4.78 is 14.4. The van der Waals surface area contributed by atoms with Crippen LogP contribution < -0.4 is 16.0 Å². The molecule has 0 atom stereocenters. The van der Waals surface area contributed by atoms with Crippen LogP contribution >= 0.6 is 11.8 Å². The monoisotopic (exact) mass is 553 g/mol. The number of rotatable bonds is 9. The maximum atomic E-state index is 14.4. The number of hydrogen-bond donors (Lipinski definition) is 3. The first-order valence-corrected chi connectivity index (χ1v) is 13.5. The lowest BCUT2D eigenvalue weighted by Crippen LogP contribution is -2.30. The zero-order chi connectivity index (χ0) is 28.5. The van der Waals surface area contributed by atoms with E-state index in [0.717, 1.165) is 21.7 Å². The zero-order valence-corrected chi connectivity index (χ0v) is 22.8. The molecule has 40 heavy (non-hydrogen) atoms. The molecular formula is C32H28FN3O3S.